The van der Waals surface area contributed by atoms with Gasteiger partial charge in [0.2, 0.25) is 0 Å². The number of piperazine rings is 1. The van der Waals surface area contributed by atoms with E-state index in [0.29, 0.717) is 23.7 Å². The fourth-order valence-corrected chi connectivity index (χ4v) is 5.54. The molecule has 0 bridgehead atoms. The van der Waals surface area contributed by atoms with Gasteiger partial charge >= 0.3 is 0 Å². The summed E-state index contributed by atoms with van der Waals surface area (Å²) in [4.78, 5) is 27.0. The Labute approximate surface area is 229 Å². The number of hydrogen-bond acceptors (Lipinski definition) is 5. The number of amides is 1. The monoisotopic (exact) mass is 527 g/mol. The van der Waals surface area contributed by atoms with E-state index in [9.17, 15) is 4.79 Å². The van der Waals surface area contributed by atoms with Crippen LogP contribution in [-0.2, 0) is 6.54 Å². The Bertz CT molecular complexity index is 1250. The minimum absolute atomic E-state index is 0.135. The molecule has 1 saturated heterocycles. The first-order valence-electron chi connectivity index (χ1n) is 13.3. The van der Waals surface area contributed by atoms with E-state index in [0.717, 1.165) is 48.4 Å². The number of thiocarbonyl (C=S) groups is 1. The summed E-state index contributed by atoms with van der Waals surface area (Å²) >= 11 is 5.72. The van der Waals surface area contributed by atoms with Gasteiger partial charge in [0.25, 0.3) is 5.91 Å². The van der Waals surface area contributed by atoms with Gasteiger partial charge in [-0.1, -0.05) is 19.3 Å². The van der Waals surface area contributed by atoms with Crippen molar-refractivity contribution in [1.29, 1.82) is 5.26 Å². The van der Waals surface area contributed by atoms with Crippen LogP contribution in [0.1, 0.15) is 53.7 Å². The zero-order valence-electron chi connectivity index (χ0n) is 21.5. The third-order valence-electron chi connectivity index (χ3n) is 7.42. The summed E-state index contributed by atoms with van der Waals surface area (Å²) in [6, 6.07) is 17.5. The first kappa shape index (κ1) is 25.7. The quantitative estimate of drug-likeness (QED) is 0.458. The van der Waals surface area contributed by atoms with Gasteiger partial charge in [0.15, 0.2) is 5.11 Å². The molecular formula is C29H33N7OS. The second-order valence-corrected chi connectivity index (χ2v) is 10.3. The van der Waals surface area contributed by atoms with Crippen LogP contribution in [0.15, 0.2) is 61.1 Å². The molecule has 0 spiro atoms. The minimum atomic E-state index is -0.135. The van der Waals surface area contributed by atoms with Gasteiger partial charge in [-0.3, -0.25) is 4.79 Å². The lowest BCUT2D eigenvalue weighted by Crippen LogP contribution is -2.53. The summed E-state index contributed by atoms with van der Waals surface area (Å²) in [7, 11) is 0. The second kappa shape index (κ2) is 12.1. The van der Waals surface area contributed by atoms with E-state index in [4.69, 9.17) is 17.5 Å². The van der Waals surface area contributed by atoms with Crippen molar-refractivity contribution in [2.75, 3.05) is 36.0 Å². The minimum Gasteiger partial charge on any atom is -0.368 e. The van der Waals surface area contributed by atoms with Crippen LogP contribution >= 0.6 is 12.2 Å². The number of aromatic amines is 1. The molecule has 1 aromatic heterocycles. The molecule has 0 radical (unpaired) electrons. The zero-order chi connectivity index (χ0) is 26.3. The molecule has 2 N–H and O–H groups in total. The Morgan fingerprint density at radius 3 is 2.39 bits per heavy atom. The van der Waals surface area contributed by atoms with E-state index in [-0.39, 0.29) is 5.91 Å². The van der Waals surface area contributed by atoms with Gasteiger partial charge < -0.3 is 25.0 Å². The molecule has 2 heterocycles. The lowest BCUT2D eigenvalue weighted by Gasteiger charge is -2.38. The third-order valence-corrected chi connectivity index (χ3v) is 7.79. The molecule has 0 unspecified atom stereocenters. The maximum absolute atomic E-state index is 13.5. The number of anilines is 2. The molecule has 9 heteroatoms. The summed E-state index contributed by atoms with van der Waals surface area (Å²) in [6.45, 7) is 3.94. The topological polar surface area (TPSA) is 91.3 Å². The molecule has 1 aliphatic carbocycles. The number of imidazole rings is 1. The Balaban J connectivity index is 1.24. The number of nitriles is 1. The van der Waals surface area contributed by atoms with Crippen LogP contribution < -0.4 is 15.1 Å². The molecule has 8 nitrogen and oxygen atoms in total. The number of carbonyl (C=O) groups excluding carboxylic acids is 1. The van der Waals surface area contributed by atoms with Crippen LogP contribution in [0.4, 0.5) is 11.4 Å². The molecule has 1 aliphatic heterocycles. The third kappa shape index (κ3) is 6.14. The number of rotatable bonds is 6. The van der Waals surface area contributed by atoms with Crippen molar-refractivity contribution in [2.45, 2.75) is 44.7 Å². The lowest BCUT2D eigenvalue weighted by molar-refractivity contribution is 0.0985. The normalized spacial score (nSPS) is 16.1. The highest BCUT2D eigenvalue weighted by Gasteiger charge is 2.23. The Kier molecular flexibility index (Phi) is 8.19. The fraction of sp³-hybridized carbons (Fsp3) is 0.379. The van der Waals surface area contributed by atoms with Crippen molar-refractivity contribution in [3.63, 3.8) is 0 Å². The molecule has 196 valence electrons. The van der Waals surface area contributed by atoms with E-state index in [1.807, 2.05) is 12.1 Å². The van der Waals surface area contributed by atoms with Crippen LogP contribution in [0.3, 0.4) is 0 Å². The first-order valence-corrected chi connectivity index (χ1v) is 13.7. The van der Waals surface area contributed by atoms with Gasteiger partial charge in [0.05, 0.1) is 30.2 Å². The highest BCUT2D eigenvalue weighted by Crippen LogP contribution is 2.25. The summed E-state index contributed by atoms with van der Waals surface area (Å²) in [6.07, 6.45) is 9.70. The van der Waals surface area contributed by atoms with Crippen LogP contribution in [0.2, 0.25) is 0 Å². The number of benzene rings is 2. The highest BCUT2D eigenvalue weighted by atomic mass is 32.1. The summed E-state index contributed by atoms with van der Waals surface area (Å²) in [5, 5.41) is 13.6. The Hall–Kier alpha value is -3.90. The van der Waals surface area contributed by atoms with E-state index in [1.165, 1.54) is 32.1 Å². The summed E-state index contributed by atoms with van der Waals surface area (Å²) in [5.74, 6) is -0.135. The number of hydrogen-bond donors (Lipinski definition) is 2. The van der Waals surface area contributed by atoms with Gasteiger partial charge in [0.1, 0.15) is 0 Å². The molecule has 1 saturated carbocycles. The molecule has 0 atom stereocenters. The van der Waals surface area contributed by atoms with Crippen LogP contribution in [0.5, 0.6) is 0 Å². The number of H-pyrrole nitrogens is 1. The maximum Gasteiger partial charge on any atom is 0.258 e. The SMILES string of the molecule is N#Cc1ccc(C(=O)N(Cc2cnc[nH]2)c2ccc(N3CCN(C(=S)NC4CCCCC4)CC3)cc2)cc1. The maximum atomic E-state index is 13.5. The van der Waals surface area contributed by atoms with Crippen LogP contribution in [-0.4, -0.2) is 58.1 Å². The Morgan fingerprint density at radius 2 is 1.76 bits per heavy atom. The van der Waals surface area contributed by atoms with Crippen LogP contribution in [0.25, 0.3) is 0 Å². The van der Waals surface area contributed by atoms with Gasteiger partial charge in [-0.25, -0.2) is 4.98 Å². The van der Waals surface area contributed by atoms with Gasteiger partial charge in [-0.2, -0.15) is 5.26 Å². The van der Waals surface area contributed by atoms with Crippen molar-refractivity contribution < 1.29 is 4.79 Å². The van der Waals surface area contributed by atoms with Gasteiger partial charge in [0, 0.05) is 55.4 Å². The fourth-order valence-electron chi connectivity index (χ4n) is 5.19. The molecular weight excluding hydrogens is 494 g/mol. The van der Waals surface area contributed by atoms with Gasteiger partial charge in [-0.15, -0.1) is 0 Å². The van der Waals surface area contributed by atoms with E-state index in [1.54, 1.807) is 41.7 Å². The lowest BCUT2D eigenvalue weighted by atomic mass is 9.96. The molecule has 2 aliphatic rings. The van der Waals surface area contributed by atoms with E-state index < -0.39 is 0 Å². The van der Waals surface area contributed by atoms with Crippen molar-refractivity contribution in [1.82, 2.24) is 20.2 Å². The predicted octanol–water partition coefficient (Wildman–Crippen LogP) is 4.46. The first-order chi connectivity index (χ1) is 18.6. The number of nitrogens with zero attached hydrogens (tertiary/aromatic N) is 5. The average molecular weight is 528 g/mol. The standard InChI is InChI=1S/C29H33N7OS/c30-18-22-6-8-23(9-7-22)28(37)36(20-25-19-31-21-32-25)27-12-10-26(11-13-27)34-14-16-35(17-15-34)29(38)33-24-4-2-1-3-5-24/h6-13,19,21,24H,1-5,14-17,20H2,(H,31,32)(H,33,38). The molecule has 38 heavy (non-hydrogen) atoms. The second-order valence-electron chi connectivity index (χ2n) is 9.93. The predicted molar refractivity (Wildman–Crippen MR) is 153 cm³/mol. The number of carbonyl (C=O) groups is 1. The van der Waals surface area contributed by atoms with E-state index >= 15 is 0 Å². The summed E-state index contributed by atoms with van der Waals surface area (Å²) < 4.78 is 0. The smallest absolute Gasteiger partial charge is 0.258 e. The molecule has 3 aromatic rings. The molecule has 5 rings (SSSR count). The van der Waals surface area contributed by atoms with Crippen molar-refractivity contribution in [3.8, 4) is 6.07 Å². The Morgan fingerprint density at radius 1 is 1.05 bits per heavy atom. The zero-order valence-corrected chi connectivity index (χ0v) is 22.3. The highest BCUT2D eigenvalue weighted by molar-refractivity contribution is 7.80. The largest absolute Gasteiger partial charge is 0.368 e. The van der Waals surface area contributed by atoms with Crippen molar-refractivity contribution in [3.05, 3.63) is 77.9 Å². The molecule has 2 aromatic carbocycles. The number of aromatic nitrogens is 2. The molecule has 1 amide bonds. The average Bonchev–Trinajstić information content (AvgIpc) is 3.50. The van der Waals surface area contributed by atoms with Crippen LogP contribution in [0, 0.1) is 11.3 Å². The summed E-state index contributed by atoms with van der Waals surface area (Å²) in [5.41, 5.74) is 3.82. The van der Waals surface area contributed by atoms with Crippen molar-refractivity contribution in [2.24, 2.45) is 0 Å². The van der Waals surface area contributed by atoms with E-state index in [2.05, 4.69) is 43.3 Å². The molecule has 2 fully saturated rings. The van der Waals surface area contributed by atoms with Gasteiger partial charge in [-0.05, 0) is 73.6 Å². The number of nitrogens with one attached hydrogen (secondary N) is 2. The van der Waals surface area contributed by atoms with Crippen molar-refractivity contribution >= 4 is 34.6 Å².